The summed E-state index contributed by atoms with van der Waals surface area (Å²) in [6.45, 7) is -0.593. The summed E-state index contributed by atoms with van der Waals surface area (Å²) in [5, 5.41) is 4.08. The molecule has 0 aliphatic rings. The number of nitrogens with zero attached hydrogens (tertiary/aromatic N) is 2. The lowest BCUT2D eigenvalue weighted by Crippen LogP contribution is -2.39. The third kappa shape index (κ3) is 5.61. The zero-order chi connectivity index (χ0) is 24.7. The van der Waals surface area contributed by atoms with Gasteiger partial charge >= 0.3 is 0 Å². The van der Waals surface area contributed by atoms with Gasteiger partial charge in [0, 0.05) is 5.56 Å². The van der Waals surface area contributed by atoms with E-state index in [1.165, 1.54) is 44.7 Å². The molecular weight excluding hydrogens is 501 g/mol. The molecule has 3 aromatic carbocycles. The molecule has 0 fully saturated rings. The van der Waals surface area contributed by atoms with E-state index in [1.807, 2.05) is 0 Å². The van der Waals surface area contributed by atoms with E-state index in [4.69, 9.17) is 32.7 Å². The highest BCUT2D eigenvalue weighted by atomic mass is 35.5. The molecule has 0 aromatic heterocycles. The highest BCUT2D eigenvalue weighted by Gasteiger charge is 2.29. The van der Waals surface area contributed by atoms with Gasteiger partial charge in [0.05, 0.1) is 41.1 Å². The summed E-state index contributed by atoms with van der Waals surface area (Å²) < 4.78 is 38.2. The number of hydrazone groups is 1. The molecule has 0 aliphatic heterocycles. The summed E-state index contributed by atoms with van der Waals surface area (Å²) >= 11 is 12.4. The number of hydrogen-bond acceptors (Lipinski definition) is 6. The zero-order valence-electron chi connectivity index (χ0n) is 18.2. The van der Waals surface area contributed by atoms with Gasteiger partial charge in [0.2, 0.25) is 0 Å². The maximum atomic E-state index is 13.4. The number of methoxy groups -OCH3 is 2. The van der Waals surface area contributed by atoms with E-state index in [0.717, 1.165) is 4.31 Å². The molecule has 0 bridgehead atoms. The van der Waals surface area contributed by atoms with Crippen molar-refractivity contribution in [3.8, 4) is 11.5 Å². The number of hydrogen-bond donors (Lipinski definition) is 1. The van der Waals surface area contributed by atoms with Crippen LogP contribution < -0.4 is 19.2 Å². The van der Waals surface area contributed by atoms with Gasteiger partial charge in [0.1, 0.15) is 6.54 Å². The number of halogens is 2. The Balaban J connectivity index is 1.88. The lowest BCUT2D eigenvalue weighted by Gasteiger charge is -2.24. The average Bonchev–Trinajstić information content (AvgIpc) is 2.84. The Kier molecular flexibility index (Phi) is 8.38. The molecule has 0 heterocycles. The van der Waals surface area contributed by atoms with E-state index in [-0.39, 0.29) is 20.6 Å². The van der Waals surface area contributed by atoms with E-state index in [0.29, 0.717) is 17.1 Å². The van der Waals surface area contributed by atoms with Crippen LogP contribution in [0.15, 0.2) is 76.7 Å². The minimum Gasteiger partial charge on any atom is -0.493 e. The normalized spacial score (nSPS) is 11.3. The van der Waals surface area contributed by atoms with Gasteiger partial charge in [0.15, 0.2) is 11.5 Å². The lowest BCUT2D eigenvalue weighted by atomic mass is 10.2. The summed E-state index contributed by atoms with van der Waals surface area (Å²) in [7, 11) is -1.16. The van der Waals surface area contributed by atoms with Crippen LogP contribution >= 0.6 is 23.2 Å². The van der Waals surface area contributed by atoms with E-state index >= 15 is 0 Å². The van der Waals surface area contributed by atoms with Crippen LogP contribution in [0.1, 0.15) is 5.56 Å². The quantitative estimate of drug-likeness (QED) is 0.333. The molecule has 3 rings (SSSR count). The Morgan fingerprint density at radius 2 is 1.71 bits per heavy atom. The molecule has 1 amide bonds. The first-order valence-corrected chi connectivity index (χ1v) is 12.0. The molecule has 0 saturated heterocycles. The van der Waals surface area contributed by atoms with Crippen LogP contribution in [0.4, 0.5) is 5.69 Å². The fraction of sp³-hybridized carbons (Fsp3) is 0.130. The topological polar surface area (TPSA) is 97.3 Å². The maximum Gasteiger partial charge on any atom is 0.264 e. The van der Waals surface area contributed by atoms with Crippen molar-refractivity contribution in [2.24, 2.45) is 5.10 Å². The molecule has 11 heteroatoms. The molecule has 178 valence electrons. The molecule has 8 nitrogen and oxygen atoms in total. The van der Waals surface area contributed by atoms with Crippen LogP contribution in [-0.4, -0.2) is 41.3 Å². The van der Waals surface area contributed by atoms with Crippen LogP contribution in [0.2, 0.25) is 10.0 Å². The van der Waals surface area contributed by atoms with Crippen molar-refractivity contribution in [1.82, 2.24) is 5.43 Å². The van der Waals surface area contributed by atoms with Crippen molar-refractivity contribution in [3.05, 3.63) is 82.3 Å². The average molecular weight is 522 g/mol. The van der Waals surface area contributed by atoms with Crippen LogP contribution in [0.25, 0.3) is 0 Å². The largest absolute Gasteiger partial charge is 0.493 e. The second-order valence-electron chi connectivity index (χ2n) is 6.77. The van der Waals surface area contributed by atoms with Crippen LogP contribution in [-0.2, 0) is 14.8 Å². The molecule has 0 spiro atoms. The molecular formula is C23H21Cl2N3O5S. The third-order valence-corrected chi connectivity index (χ3v) is 7.23. The number of sulfonamides is 1. The first-order chi connectivity index (χ1) is 16.3. The monoisotopic (exact) mass is 521 g/mol. The standard InChI is InChI=1S/C23H21Cl2N3O5S/c1-32-20-13-6-8-16(23(20)33-2)14-26-27-21(29)15-28(19-12-7-11-18(24)22(19)25)34(30,31)17-9-4-3-5-10-17/h3-14H,15H2,1-2H3,(H,27,29)/b26-14-. The lowest BCUT2D eigenvalue weighted by molar-refractivity contribution is -0.119. The van der Waals surface area contributed by atoms with Gasteiger partial charge in [-0.2, -0.15) is 5.10 Å². The highest BCUT2D eigenvalue weighted by Crippen LogP contribution is 2.35. The first-order valence-electron chi connectivity index (χ1n) is 9.84. The Morgan fingerprint density at radius 3 is 2.38 bits per heavy atom. The number of ether oxygens (including phenoxy) is 2. The van der Waals surface area contributed by atoms with Crippen LogP contribution in [0, 0.1) is 0 Å². The van der Waals surface area contributed by atoms with Gasteiger partial charge in [0.25, 0.3) is 15.9 Å². The number of amides is 1. The molecule has 0 aliphatic carbocycles. The van der Waals surface area contributed by atoms with E-state index in [9.17, 15) is 13.2 Å². The van der Waals surface area contributed by atoms with Crippen LogP contribution in [0.5, 0.6) is 11.5 Å². The minimum absolute atomic E-state index is 0.00101. The molecule has 1 N–H and O–H groups in total. The Hall–Kier alpha value is -3.27. The summed E-state index contributed by atoms with van der Waals surface area (Å²) in [4.78, 5) is 12.7. The van der Waals surface area contributed by atoms with E-state index in [2.05, 4.69) is 10.5 Å². The smallest absolute Gasteiger partial charge is 0.264 e. The summed E-state index contributed by atoms with van der Waals surface area (Å²) in [5.74, 6) is 0.226. The zero-order valence-corrected chi connectivity index (χ0v) is 20.6. The fourth-order valence-corrected chi connectivity index (χ4v) is 4.96. The SMILES string of the molecule is COc1cccc(/C=N\NC(=O)CN(c2cccc(Cl)c2Cl)S(=O)(=O)c2ccccc2)c1OC. The third-order valence-electron chi connectivity index (χ3n) is 4.64. The second kappa shape index (κ2) is 11.2. The van der Waals surface area contributed by atoms with Crippen molar-refractivity contribution in [1.29, 1.82) is 0 Å². The van der Waals surface area contributed by atoms with E-state index < -0.39 is 22.5 Å². The van der Waals surface area contributed by atoms with Crippen molar-refractivity contribution in [3.63, 3.8) is 0 Å². The summed E-state index contributed by atoms with van der Waals surface area (Å²) in [6.07, 6.45) is 1.36. The number of carbonyl (C=O) groups excluding carboxylic acids is 1. The predicted molar refractivity (Wildman–Crippen MR) is 133 cm³/mol. The molecule has 0 radical (unpaired) electrons. The van der Waals surface area contributed by atoms with Gasteiger partial charge < -0.3 is 9.47 Å². The van der Waals surface area contributed by atoms with Crippen molar-refractivity contribution < 1.29 is 22.7 Å². The molecule has 34 heavy (non-hydrogen) atoms. The van der Waals surface area contributed by atoms with Crippen molar-refractivity contribution in [2.45, 2.75) is 4.90 Å². The van der Waals surface area contributed by atoms with Gasteiger partial charge in [-0.3, -0.25) is 9.10 Å². The minimum atomic E-state index is -4.14. The molecule has 0 unspecified atom stereocenters. The molecule has 0 saturated carbocycles. The number of anilines is 1. The number of para-hydroxylation sites is 1. The predicted octanol–water partition coefficient (Wildman–Crippen LogP) is 4.36. The first kappa shape index (κ1) is 25.4. The van der Waals surface area contributed by atoms with Gasteiger partial charge in [-0.15, -0.1) is 0 Å². The number of benzene rings is 3. The van der Waals surface area contributed by atoms with Crippen molar-refractivity contribution >= 4 is 51.0 Å². The second-order valence-corrected chi connectivity index (χ2v) is 9.42. The maximum absolute atomic E-state index is 13.4. The summed E-state index contributed by atoms with van der Waals surface area (Å²) in [6, 6.07) is 17.4. The van der Waals surface area contributed by atoms with Gasteiger partial charge in [-0.05, 0) is 36.4 Å². The number of carbonyl (C=O) groups is 1. The van der Waals surface area contributed by atoms with Crippen molar-refractivity contribution in [2.75, 3.05) is 25.1 Å². The Morgan fingerprint density at radius 1 is 1.00 bits per heavy atom. The Bertz CT molecular complexity index is 1300. The molecule has 3 aromatic rings. The number of rotatable bonds is 9. The van der Waals surface area contributed by atoms with E-state index in [1.54, 1.807) is 42.5 Å². The highest BCUT2D eigenvalue weighted by molar-refractivity contribution is 7.92. The van der Waals surface area contributed by atoms with Gasteiger partial charge in [-0.25, -0.2) is 13.8 Å². The fourth-order valence-electron chi connectivity index (χ4n) is 3.06. The number of nitrogens with one attached hydrogen (secondary N) is 1. The Labute approximate surface area is 207 Å². The summed E-state index contributed by atoms with van der Waals surface area (Å²) in [5.41, 5.74) is 2.94. The van der Waals surface area contributed by atoms with Gasteiger partial charge in [-0.1, -0.05) is 53.5 Å². The van der Waals surface area contributed by atoms with Crippen LogP contribution in [0.3, 0.4) is 0 Å². The molecule has 0 atom stereocenters.